The van der Waals surface area contributed by atoms with Gasteiger partial charge in [-0.2, -0.15) is 0 Å². The number of carboxylic acid groups (broad SMARTS) is 3. The minimum absolute atomic E-state index is 0.00745. The molecule has 3 aromatic rings. The van der Waals surface area contributed by atoms with Gasteiger partial charge in [-0.25, -0.2) is 0 Å². The van der Waals surface area contributed by atoms with Crippen LogP contribution in [0.15, 0.2) is 36.4 Å². The van der Waals surface area contributed by atoms with Crippen LogP contribution in [-0.4, -0.2) is 272 Å². The molecule has 2 aliphatic rings. The van der Waals surface area contributed by atoms with Crippen LogP contribution in [0.2, 0.25) is 5.28 Å². The molecule has 448 valence electrons. The van der Waals surface area contributed by atoms with Crippen molar-refractivity contribution in [2.45, 2.75) is 63.7 Å². The Morgan fingerprint density at radius 2 is 1.18 bits per heavy atom. The molecule has 27 nitrogen and oxygen atoms in total. The van der Waals surface area contributed by atoms with Crippen LogP contribution >= 0.6 is 0 Å². The van der Waals surface area contributed by atoms with Crippen molar-refractivity contribution in [3.05, 3.63) is 53.3 Å². The number of rotatable bonds is 29. The topological polar surface area (TPSA) is 351 Å². The van der Waals surface area contributed by atoms with Gasteiger partial charge in [0.25, 0.3) is 5.91 Å². The zero-order chi connectivity index (χ0) is 59.7. The van der Waals surface area contributed by atoms with Crippen molar-refractivity contribution in [3.8, 4) is 28.6 Å². The highest BCUT2D eigenvalue weighted by Gasteiger charge is 2.27. The number of hydrogen-bond acceptors (Lipinski definition) is 18. The van der Waals surface area contributed by atoms with Crippen LogP contribution in [-0.2, 0) is 49.5 Å². The first-order valence-electron chi connectivity index (χ1n) is 27.6. The van der Waals surface area contributed by atoms with Gasteiger partial charge in [0.05, 0.1) is 64.2 Å². The number of piperidine rings is 1. The molecule has 1 unspecified atom stereocenters. The number of nitrogens with one attached hydrogen (secondary N) is 4. The first-order chi connectivity index (χ1) is 39.2. The molecule has 0 bridgehead atoms. The molecule has 82 heavy (non-hydrogen) atoms. The van der Waals surface area contributed by atoms with E-state index in [2.05, 4.69) is 47.8 Å². The van der Waals surface area contributed by atoms with Gasteiger partial charge >= 0.3 is 17.9 Å². The number of aromatic hydroxyl groups is 2. The second-order valence-electron chi connectivity index (χ2n) is 20.6. The summed E-state index contributed by atoms with van der Waals surface area (Å²) in [5.74, 6) is -4.87. The lowest BCUT2D eigenvalue weighted by Gasteiger charge is -2.32. The highest BCUT2D eigenvalue weighted by Crippen LogP contribution is 2.38. The average molecular weight is 1160 g/mol. The fourth-order valence-corrected chi connectivity index (χ4v) is 9.84. The van der Waals surface area contributed by atoms with Crippen LogP contribution in [0, 0.1) is 5.92 Å². The minimum atomic E-state index is -1.05. The molecule has 0 spiro atoms. The number of nitrogens with zero attached hydrogens (tertiary/aromatic N) is 8. The Balaban J connectivity index is 1.02. The van der Waals surface area contributed by atoms with Gasteiger partial charge in [0, 0.05) is 110 Å². The molecule has 2 saturated heterocycles. The Morgan fingerprint density at radius 3 is 1.71 bits per heavy atom. The zero-order valence-corrected chi connectivity index (χ0v) is 48.2. The van der Waals surface area contributed by atoms with Gasteiger partial charge in [-0.15, -0.1) is 10.2 Å². The Bertz CT molecular complexity index is 2590. The van der Waals surface area contributed by atoms with Crippen molar-refractivity contribution >= 4 is 63.7 Å². The average Bonchev–Trinajstić information content (AvgIpc) is 3.39. The Labute approximate surface area is 485 Å². The molecule has 2 aliphatic heterocycles. The third kappa shape index (κ3) is 22.2. The third-order valence-corrected chi connectivity index (χ3v) is 14.5. The van der Waals surface area contributed by atoms with Gasteiger partial charge in [-0.1, -0.05) is 31.3 Å². The summed E-state index contributed by atoms with van der Waals surface area (Å²) in [6.07, 6.45) is 2.56. The minimum Gasteiger partial charge on any atom is -0.508 e. The number of carbonyl (C=O) groups is 8. The Kier molecular flexibility index (Phi) is 27.4. The Hall–Kier alpha value is -6.77. The lowest BCUT2D eigenvalue weighted by atomic mass is 9.90. The number of phenols is 2. The fourth-order valence-electron chi connectivity index (χ4n) is 9.51. The fraction of sp³-hybridized carbons (Fsp3) is 0.593. The summed E-state index contributed by atoms with van der Waals surface area (Å²) >= 11 is 2.42. The van der Waals surface area contributed by atoms with E-state index < -0.39 is 41.7 Å². The number of amides is 5. The molecule has 9 N–H and O–H groups in total. The van der Waals surface area contributed by atoms with Crippen molar-refractivity contribution in [1.29, 1.82) is 0 Å². The van der Waals surface area contributed by atoms with E-state index in [-0.39, 0.29) is 170 Å². The van der Waals surface area contributed by atoms with E-state index in [0.29, 0.717) is 30.3 Å². The molecular formula is C54H79AlN12O15. The van der Waals surface area contributed by atoms with Crippen LogP contribution < -0.4 is 21.3 Å². The maximum absolute atomic E-state index is 13.8. The number of phenolic OH excluding ortho intramolecular Hbond substituents is 2. The molecule has 0 saturated carbocycles. The van der Waals surface area contributed by atoms with Gasteiger partial charge < -0.3 is 61.2 Å². The smallest absolute Gasteiger partial charge is 0.317 e. The van der Waals surface area contributed by atoms with Crippen LogP contribution in [0.4, 0.5) is 0 Å². The quantitative estimate of drug-likeness (QED) is 0.0304. The summed E-state index contributed by atoms with van der Waals surface area (Å²) in [6, 6.07) is 9.57. The third-order valence-electron chi connectivity index (χ3n) is 14.0. The van der Waals surface area contributed by atoms with Crippen molar-refractivity contribution in [3.63, 3.8) is 0 Å². The van der Waals surface area contributed by atoms with E-state index in [0.717, 1.165) is 37.9 Å². The van der Waals surface area contributed by atoms with Crippen molar-refractivity contribution in [2.24, 2.45) is 5.92 Å². The number of carbonyl (C=O) groups excluding carboxylic acids is 5. The standard InChI is InChI=1S/C54H79N12O15.Al/c1-36(2)42-30-43(45(69)31-44(42)68)51-59-60-52(66(51)41-7-5-39(6-8-41)29-40-9-15-65(16-10-40)38(4)67)54(79)57-13-12-56-53(78)37(3)58-46(70)11-25-80-27-28-81-26-14-55-47(71)32-61-17-19-62(33-48(72)73)21-23-64(35-50(76)77)24-22-63(20-18-61)34-49(74)75;/h5-8,30-31,36-37,40,68-69H,3,9-29,32-35H2,1-2,4H3,(H,55,71)(H,56,78)(H,57,79)(H,58,70)(H,72,73)(H,74,75)(H,76,77);. The second-order valence-corrected chi connectivity index (χ2v) is 21.1. The first kappa shape index (κ1) is 66.0. The molecule has 2 radical (unpaired) electrons. The van der Waals surface area contributed by atoms with E-state index in [9.17, 15) is 63.9 Å². The van der Waals surface area contributed by atoms with Crippen LogP contribution in [0.3, 0.4) is 0 Å². The van der Waals surface area contributed by atoms with Crippen LogP contribution in [0.25, 0.3) is 17.1 Å². The molecule has 0 aliphatic carbocycles. The maximum atomic E-state index is 13.8. The summed E-state index contributed by atoms with van der Waals surface area (Å²) in [7, 11) is 0. The van der Waals surface area contributed by atoms with Crippen LogP contribution in [0.1, 0.15) is 67.7 Å². The molecule has 2 aromatic carbocycles. The SMILES string of the molecule is CC(=O)N1CCC(Cc2ccc(-n3c(C(=O)NCCNC(=O)C([CH2][Al])NC(=O)CCOCCOCCNC(=O)CN4CCN(CC(=O)O)CCN(CC(=O)O)CCN(CC(=O)O)CC4)nnc3-c3cc(C(C)C)c(O)cc3O)cc2)CC1. The first-order valence-corrected chi connectivity index (χ1v) is 28.4. The largest absolute Gasteiger partial charge is 0.508 e. The normalized spacial score (nSPS) is 15.9. The van der Waals surface area contributed by atoms with Crippen molar-refractivity contribution in [2.75, 3.05) is 138 Å². The summed E-state index contributed by atoms with van der Waals surface area (Å²) in [4.78, 5) is 108. The van der Waals surface area contributed by atoms with Gasteiger partial charge in [-0.05, 0) is 60.4 Å². The Morgan fingerprint density at radius 1 is 0.646 bits per heavy atom. The molecular weight excluding hydrogens is 1080 g/mol. The van der Waals surface area contributed by atoms with E-state index >= 15 is 0 Å². The van der Waals surface area contributed by atoms with E-state index in [1.54, 1.807) is 27.7 Å². The van der Waals surface area contributed by atoms with E-state index in [1.807, 2.05) is 47.9 Å². The molecule has 5 amide bonds. The highest BCUT2D eigenvalue weighted by molar-refractivity contribution is 6.11. The molecule has 1 aromatic heterocycles. The van der Waals surface area contributed by atoms with Gasteiger partial charge in [0.15, 0.2) is 5.82 Å². The number of carboxylic acids is 3. The lowest BCUT2D eigenvalue weighted by molar-refractivity contribution is -0.140. The molecule has 2 fully saturated rings. The predicted octanol–water partition coefficient (Wildman–Crippen LogP) is -0.798. The second kappa shape index (κ2) is 34.0. The van der Waals surface area contributed by atoms with Gasteiger partial charge in [0.2, 0.25) is 29.5 Å². The predicted molar refractivity (Wildman–Crippen MR) is 299 cm³/mol. The van der Waals surface area contributed by atoms with Gasteiger partial charge in [-0.3, -0.25) is 62.5 Å². The number of aromatic nitrogens is 3. The lowest BCUT2D eigenvalue weighted by Crippen LogP contribution is -2.50. The maximum Gasteiger partial charge on any atom is 0.317 e. The molecule has 1 atom stereocenters. The highest BCUT2D eigenvalue weighted by atomic mass is 27.0. The zero-order valence-electron chi connectivity index (χ0n) is 47.1. The van der Waals surface area contributed by atoms with Crippen LogP contribution in [0.5, 0.6) is 11.5 Å². The number of ether oxygens (including phenoxy) is 2. The van der Waals surface area contributed by atoms with Gasteiger partial charge in [0.1, 0.15) is 27.8 Å². The number of hydrogen-bond donors (Lipinski definition) is 9. The summed E-state index contributed by atoms with van der Waals surface area (Å²) in [5, 5.41) is 69.6. The molecule has 3 heterocycles. The van der Waals surface area contributed by atoms with E-state index in [4.69, 9.17) is 9.47 Å². The number of benzene rings is 2. The number of likely N-dealkylation sites (tertiary alicyclic amines) is 1. The number of aliphatic carboxylic acids is 3. The summed E-state index contributed by atoms with van der Waals surface area (Å²) < 4.78 is 12.6. The van der Waals surface area contributed by atoms with Crippen molar-refractivity contribution < 1.29 is 73.4 Å². The monoisotopic (exact) mass is 1160 g/mol. The molecule has 5 rings (SSSR count). The van der Waals surface area contributed by atoms with E-state index in [1.165, 1.54) is 10.6 Å². The van der Waals surface area contributed by atoms with Crippen molar-refractivity contribution in [1.82, 2.24) is 60.5 Å². The summed E-state index contributed by atoms with van der Waals surface area (Å²) in [5.41, 5.74) is 2.43. The molecule has 28 heteroatoms. The summed E-state index contributed by atoms with van der Waals surface area (Å²) in [6.45, 7) is 8.84.